The van der Waals surface area contributed by atoms with Gasteiger partial charge in [0.2, 0.25) is 0 Å². The van der Waals surface area contributed by atoms with Gasteiger partial charge in [-0.15, -0.1) is 0 Å². The molecule has 5 rings (SSSR count). The van der Waals surface area contributed by atoms with Gasteiger partial charge in [-0.05, 0) is 35.9 Å². The van der Waals surface area contributed by atoms with Gasteiger partial charge in [0.25, 0.3) is 5.56 Å². The summed E-state index contributed by atoms with van der Waals surface area (Å²) < 4.78 is 46.0. The molecule has 2 aromatic heterocycles. The molecule has 0 unspecified atom stereocenters. The lowest BCUT2D eigenvalue weighted by Crippen LogP contribution is -2.35. The number of rotatable bonds is 4. The van der Waals surface area contributed by atoms with Gasteiger partial charge in [0.15, 0.2) is 0 Å². The third kappa shape index (κ3) is 4.07. The van der Waals surface area contributed by atoms with Crippen LogP contribution in [0.25, 0.3) is 22.3 Å². The number of nitrogens with zero attached hydrogens (tertiary/aromatic N) is 3. The molecule has 34 heavy (non-hydrogen) atoms. The highest BCUT2D eigenvalue weighted by molar-refractivity contribution is 5.85. The number of aromatic amines is 1. The van der Waals surface area contributed by atoms with Crippen LogP contribution in [0.4, 0.5) is 13.2 Å². The van der Waals surface area contributed by atoms with Crippen LogP contribution >= 0.6 is 0 Å². The van der Waals surface area contributed by atoms with Crippen molar-refractivity contribution in [3.8, 4) is 17.1 Å². The van der Waals surface area contributed by atoms with Crippen LogP contribution in [0.3, 0.4) is 0 Å². The highest BCUT2D eigenvalue weighted by atomic mass is 19.4. The summed E-state index contributed by atoms with van der Waals surface area (Å²) in [6, 6.07) is 10.6. The molecule has 176 valence electrons. The van der Waals surface area contributed by atoms with E-state index in [0.717, 1.165) is 40.9 Å². The second-order valence-corrected chi connectivity index (χ2v) is 8.52. The topological polar surface area (TPSA) is 63.1 Å². The fourth-order valence-electron chi connectivity index (χ4n) is 4.52. The molecule has 1 aliphatic heterocycles. The van der Waals surface area contributed by atoms with E-state index < -0.39 is 11.7 Å². The van der Waals surface area contributed by atoms with Gasteiger partial charge in [-0.2, -0.15) is 13.2 Å². The summed E-state index contributed by atoms with van der Waals surface area (Å²) in [5.41, 5.74) is 2.98. The first-order valence-electron chi connectivity index (χ1n) is 10.9. The van der Waals surface area contributed by atoms with Crippen molar-refractivity contribution < 1.29 is 17.9 Å². The largest absolute Gasteiger partial charge is 0.497 e. The fourth-order valence-corrected chi connectivity index (χ4v) is 4.52. The molecule has 0 radical (unpaired) electrons. The standard InChI is InChI=1S/C25H23F3N4O2/c1-31-12-16(19-11-18(34-2)7-8-22(19)31)13-32-10-9-21-20(14-32)24(33)30-23(29-21)15-3-5-17(6-4-15)25(26,27)28/h3-8,11-12H,9-10,13-14H2,1-2H3,(H,29,30,33). The third-order valence-corrected chi connectivity index (χ3v) is 6.31. The van der Waals surface area contributed by atoms with Crippen molar-refractivity contribution in [2.24, 2.45) is 7.05 Å². The van der Waals surface area contributed by atoms with Crippen molar-refractivity contribution in [1.29, 1.82) is 0 Å². The molecule has 0 atom stereocenters. The number of benzene rings is 2. The van der Waals surface area contributed by atoms with Crippen LogP contribution < -0.4 is 10.3 Å². The Balaban J connectivity index is 1.39. The van der Waals surface area contributed by atoms with Crippen LogP contribution in [0, 0.1) is 0 Å². The lowest BCUT2D eigenvalue weighted by molar-refractivity contribution is -0.137. The lowest BCUT2D eigenvalue weighted by atomic mass is 10.0. The van der Waals surface area contributed by atoms with Gasteiger partial charge >= 0.3 is 6.18 Å². The Morgan fingerprint density at radius 3 is 2.62 bits per heavy atom. The van der Waals surface area contributed by atoms with Crippen LogP contribution in [-0.4, -0.2) is 33.1 Å². The van der Waals surface area contributed by atoms with Crippen molar-refractivity contribution in [3.05, 3.63) is 81.4 Å². The first kappa shape index (κ1) is 22.2. The number of aryl methyl sites for hydroxylation is 1. The van der Waals surface area contributed by atoms with E-state index in [4.69, 9.17) is 4.74 Å². The van der Waals surface area contributed by atoms with E-state index in [9.17, 15) is 18.0 Å². The van der Waals surface area contributed by atoms with E-state index in [0.29, 0.717) is 36.3 Å². The van der Waals surface area contributed by atoms with Gasteiger partial charge in [0.05, 0.1) is 23.9 Å². The van der Waals surface area contributed by atoms with Crippen LogP contribution in [0.15, 0.2) is 53.5 Å². The first-order valence-corrected chi connectivity index (χ1v) is 10.9. The molecule has 0 amide bonds. The summed E-state index contributed by atoms with van der Waals surface area (Å²) in [4.78, 5) is 22.4. The van der Waals surface area contributed by atoms with Crippen LogP contribution in [-0.2, 0) is 32.7 Å². The summed E-state index contributed by atoms with van der Waals surface area (Å²) in [5.74, 6) is 1.08. The summed E-state index contributed by atoms with van der Waals surface area (Å²) >= 11 is 0. The molecule has 1 N–H and O–H groups in total. The van der Waals surface area contributed by atoms with Crippen molar-refractivity contribution in [2.45, 2.75) is 25.7 Å². The zero-order chi connectivity index (χ0) is 24.0. The Morgan fingerprint density at radius 1 is 1.15 bits per heavy atom. The van der Waals surface area contributed by atoms with Gasteiger partial charge in [-0.1, -0.05) is 12.1 Å². The summed E-state index contributed by atoms with van der Waals surface area (Å²) in [6.07, 6.45) is -1.73. The third-order valence-electron chi connectivity index (χ3n) is 6.31. The zero-order valence-corrected chi connectivity index (χ0v) is 18.7. The summed E-state index contributed by atoms with van der Waals surface area (Å²) in [5, 5.41) is 1.11. The number of hydrogen-bond donors (Lipinski definition) is 1. The average molecular weight is 468 g/mol. The van der Waals surface area contributed by atoms with Gasteiger partial charge in [-0.3, -0.25) is 9.69 Å². The van der Waals surface area contributed by atoms with Gasteiger partial charge in [0.1, 0.15) is 11.6 Å². The Labute approximate surface area is 193 Å². The Kier molecular flexibility index (Phi) is 5.44. The van der Waals surface area contributed by atoms with Crippen LogP contribution in [0.5, 0.6) is 5.75 Å². The van der Waals surface area contributed by atoms with E-state index in [1.165, 1.54) is 12.1 Å². The summed E-state index contributed by atoms with van der Waals surface area (Å²) in [6.45, 7) is 1.84. The fraction of sp³-hybridized carbons (Fsp3) is 0.280. The number of nitrogens with one attached hydrogen (secondary N) is 1. The molecule has 0 aliphatic carbocycles. The molecule has 2 aromatic carbocycles. The van der Waals surface area contributed by atoms with Crippen molar-refractivity contribution in [2.75, 3.05) is 13.7 Å². The molecular formula is C25H23F3N4O2. The Morgan fingerprint density at radius 2 is 1.91 bits per heavy atom. The number of fused-ring (bicyclic) bond motifs is 2. The molecule has 6 nitrogen and oxygen atoms in total. The number of hydrogen-bond acceptors (Lipinski definition) is 4. The van der Waals surface area contributed by atoms with E-state index >= 15 is 0 Å². The van der Waals surface area contributed by atoms with E-state index in [1.807, 2.05) is 25.2 Å². The summed E-state index contributed by atoms with van der Waals surface area (Å²) in [7, 11) is 3.64. The number of aromatic nitrogens is 3. The monoisotopic (exact) mass is 468 g/mol. The zero-order valence-electron chi connectivity index (χ0n) is 18.7. The minimum atomic E-state index is -4.41. The maximum Gasteiger partial charge on any atom is 0.416 e. The average Bonchev–Trinajstić information content (AvgIpc) is 3.13. The quantitative estimate of drug-likeness (QED) is 0.479. The highest BCUT2D eigenvalue weighted by Gasteiger charge is 2.30. The van der Waals surface area contributed by atoms with Gasteiger partial charge < -0.3 is 14.3 Å². The molecule has 0 spiro atoms. The molecule has 0 fully saturated rings. The number of H-pyrrole nitrogens is 1. The predicted octanol–water partition coefficient (Wildman–Crippen LogP) is 4.51. The highest BCUT2D eigenvalue weighted by Crippen LogP contribution is 2.31. The molecule has 0 saturated heterocycles. The maximum atomic E-state index is 12.9. The van der Waals surface area contributed by atoms with Crippen LogP contribution in [0.2, 0.25) is 0 Å². The molecule has 0 saturated carbocycles. The normalized spacial score (nSPS) is 14.4. The van der Waals surface area contributed by atoms with E-state index in [1.54, 1.807) is 7.11 Å². The molecule has 0 bridgehead atoms. The molecule has 9 heteroatoms. The van der Waals surface area contributed by atoms with E-state index in [2.05, 4.69) is 25.6 Å². The number of methoxy groups -OCH3 is 1. The minimum Gasteiger partial charge on any atom is -0.497 e. The van der Waals surface area contributed by atoms with Crippen molar-refractivity contribution >= 4 is 10.9 Å². The maximum absolute atomic E-state index is 12.9. The van der Waals surface area contributed by atoms with Crippen molar-refractivity contribution in [3.63, 3.8) is 0 Å². The van der Waals surface area contributed by atoms with Crippen LogP contribution in [0.1, 0.15) is 22.4 Å². The predicted molar refractivity (Wildman–Crippen MR) is 123 cm³/mol. The molecule has 3 heterocycles. The van der Waals surface area contributed by atoms with Gasteiger partial charge in [-0.25, -0.2) is 4.98 Å². The number of ether oxygens (including phenoxy) is 1. The minimum absolute atomic E-state index is 0.260. The molecule has 4 aromatic rings. The molecular weight excluding hydrogens is 445 g/mol. The van der Waals surface area contributed by atoms with Crippen molar-refractivity contribution in [1.82, 2.24) is 19.4 Å². The SMILES string of the molecule is COc1ccc2c(c1)c(CN1CCc3nc(-c4ccc(C(F)(F)F)cc4)[nH]c(=O)c3C1)cn2C. The number of halogens is 3. The number of alkyl halides is 3. The second-order valence-electron chi connectivity index (χ2n) is 8.52. The van der Waals surface area contributed by atoms with E-state index in [-0.39, 0.29) is 11.4 Å². The lowest BCUT2D eigenvalue weighted by Gasteiger charge is -2.27. The Bertz CT molecular complexity index is 1420. The Hall–Kier alpha value is -3.59. The van der Waals surface area contributed by atoms with Gasteiger partial charge in [0, 0.05) is 55.8 Å². The first-order chi connectivity index (χ1) is 16.2. The smallest absolute Gasteiger partial charge is 0.416 e. The molecule has 1 aliphatic rings. The second kappa shape index (κ2) is 8.32.